The highest BCUT2D eigenvalue weighted by Gasteiger charge is 2.26. The summed E-state index contributed by atoms with van der Waals surface area (Å²) in [4.78, 5) is 22.7. The van der Waals surface area contributed by atoms with Gasteiger partial charge < -0.3 is 14.4 Å². The fraction of sp³-hybridized carbons (Fsp3) is 0.375. The Hall–Kier alpha value is -3.36. The van der Waals surface area contributed by atoms with Crippen LogP contribution in [0.25, 0.3) is 16.6 Å². The SMILES string of the molecule is CC(C)N(C)C(=O)c1cc(F)ccc1-n1cc(C2CCN(CCc3ccc(S(C)=O)cc3)CC2)c2ccncc21. The highest BCUT2D eigenvalue weighted by Crippen LogP contribution is 2.36. The molecule has 1 aliphatic rings. The molecule has 6 nitrogen and oxygen atoms in total. The summed E-state index contributed by atoms with van der Waals surface area (Å²) >= 11 is 0. The molecular formula is C32H37FN4O2S. The number of amides is 1. The Bertz CT molecular complexity index is 1520. The number of hydrogen-bond donors (Lipinski definition) is 0. The minimum Gasteiger partial charge on any atom is -0.339 e. The minimum atomic E-state index is -0.949. The van der Waals surface area contributed by atoms with E-state index in [9.17, 15) is 13.4 Å². The first-order valence-electron chi connectivity index (χ1n) is 13.9. The highest BCUT2D eigenvalue weighted by atomic mass is 32.2. The lowest BCUT2D eigenvalue weighted by molar-refractivity contribution is 0.0754. The van der Waals surface area contributed by atoms with Crippen molar-refractivity contribution < 1.29 is 13.4 Å². The van der Waals surface area contributed by atoms with E-state index < -0.39 is 16.6 Å². The van der Waals surface area contributed by atoms with Crippen LogP contribution >= 0.6 is 0 Å². The van der Waals surface area contributed by atoms with Crippen LogP contribution in [0.2, 0.25) is 0 Å². The number of halogens is 1. The van der Waals surface area contributed by atoms with E-state index in [4.69, 9.17) is 0 Å². The zero-order valence-corrected chi connectivity index (χ0v) is 24.5. The first-order valence-corrected chi connectivity index (χ1v) is 15.5. The first-order chi connectivity index (χ1) is 19.2. The summed E-state index contributed by atoms with van der Waals surface area (Å²) in [6.45, 7) is 6.92. The fourth-order valence-corrected chi connectivity index (χ4v) is 6.06. The number of hydrogen-bond acceptors (Lipinski definition) is 4. The van der Waals surface area contributed by atoms with Gasteiger partial charge in [-0.25, -0.2) is 4.39 Å². The Labute approximate surface area is 238 Å². The van der Waals surface area contributed by atoms with Crippen molar-refractivity contribution >= 4 is 27.6 Å². The van der Waals surface area contributed by atoms with E-state index in [1.54, 1.807) is 24.3 Å². The lowest BCUT2D eigenvalue weighted by Crippen LogP contribution is -2.34. The van der Waals surface area contributed by atoms with E-state index in [-0.39, 0.29) is 11.9 Å². The smallest absolute Gasteiger partial charge is 0.256 e. The molecule has 210 valence electrons. The predicted octanol–water partition coefficient (Wildman–Crippen LogP) is 5.80. The Morgan fingerprint density at radius 2 is 1.85 bits per heavy atom. The lowest BCUT2D eigenvalue weighted by Gasteiger charge is -2.32. The fourth-order valence-electron chi connectivity index (χ4n) is 5.54. The zero-order valence-electron chi connectivity index (χ0n) is 23.6. The van der Waals surface area contributed by atoms with Gasteiger partial charge in [-0.3, -0.25) is 14.0 Å². The summed E-state index contributed by atoms with van der Waals surface area (Å²) in [6, 6.07) is 14.6. The molecule has 40 heavy (non-hydrogen) atoms. The first kappa shape index (κ1) is 28.2. The molecule has 4 aromatic rings. The maximum atomic E-state index is 14.3. The lowest BCUT2D eigenvalue weighted by atomic mass is 9.89. The molecule has 2 aromatic heterocycles. The number of carbonyl (C=O) groups excluding carboxylic acids is 1. The highest BCUT2D eigenvalue weighted by molar-refractivity contribution is 7.84. The predicted molar refractivity (Wildman–Crippen MR) is 159 cm³/mol. The Morgan fingerprint density at radius 1 is 1.12 bits per heavy atom. The molecule has 0 bridgehead atoms. The third kappa shape index (κ3) is 5.88. The van der Waals surface area contributed by atoms with Gasteiger partial charge in [0.15, 0.2) is 0 Å². The van der Waals surface area contributed by atoms with Crippen molar-refractivity contribution in [3.8, 4) is 5.69 Å². The van der Waals surface area contributed by atoms with Crippen molar-refractivity contribution in [1.82, 2.24) is 19.4 Å². The van der Waals surface area contributed by atoms with Crippen LogP contribution in [0.15, 0.2) is 72.0 Å². The second-order valence-electron chi connectivity index (χ2n) is 11.0. The summed E-state index contributed by atoms with van der Waals surface area (Å²) in [5.41, 5.74) is 4.44. The standard InChI is InChI=1S/C32H37FN4O2S/c1-22(2)35(3)32(38)28-19-25(33)7-10-30(28)37-21-29(27-11-15-34-20-31(27)37)24-13-17-36(18-14-24)16-12-23-5-8-26(9-6-23)40(4)39/h5-11,15,19-22,24H,12-14,16-18H2,1-4H3. The van der Waals surface area contributed by atoms with Gasteiger partial charge in [0.25, 0.3) is 5.91 Å². The van der Waals surface area contributed by atoms with Gasteiger partial charge in [-0.1, -0.05) is 12.1 Å². The number of nitrogens with zero attached hydrogens (tertiary/aromatic N) is 4. The number of carbonyl (C=O) groups is 1. The molecule has 0 spiro atoms. The molecule has 2 aromatic carbocycles. The Balaban J connectivity index is 1.35. The van der Waals surface area contributed by atoms with E-state index in [1.807, 2.05) is 49.0 Å². The van der Waals surface area contributed by atoms with Crippen LogP contribution < -0.4 is 0 Å². The molecular weight excluding hydrogens is 523 g/mol. The van der Waals surface area contributed by atoms with E-state index in [0.717, 1.165) is 54.7 Å². The van der Waals surface area contributed by atoms with Crippen LogP contribution in [0, 0.1) is 5.82 Å². The summed E-state index contributed by atoms with van der Waals surface area (Å²) in [6.07, 6.45) is 10.5. The van der Waals surface area contributed by atoms with Gasteiger partial charge in [-0.05, 0) is 99.6 Å². The molecule has 8 heteroatoms. The number of fused-ring (bicyclic) bond motifs is 1. The molecule has 3 heterocycles. The van der Waals surface area contributed by atoms with Gasteiger partial charge in [0.05, 0.1) is 23.0 Å². The quantitative estimate of drug-likeness (QED) is 0.273. The molecule has 1 amide bonds. The van der Waals surface area contributed by atoms with E-state index in [1.165, 1.54) is 23.3 Å². The molecule has 0 saturated carbocycles. The second-order valence-corrected chi connectivity index (χ2v) is 12.4. The van der Waals surface area contributed by atoms with Crippen LogP contribution in [0.1, 0.15) is 54.1 Å². The van der Waals surface area contributed by atoms with Crippen molar-refractivity contribution in [3.05, 3.63) is 89.6 Å². The van der Waals surface area contributed by atoms with E-state index >= 15 is 0 Å². The van der Waals surface area contributed by atoms with Crippen LogP contribution in [0.5, 0.6) is 0 Å². The number of pyridine rings is 1. The van der Waals surface area contributed by atoms with Gasteiger partial charge in [-0.2, -0.15) is 0 Å². The largest absolute Gasteiger partial charge is 0.339 e. The van der Waals surface area contributed by atoms with Crippen LogP contribution in [0.4, 0.5) is 4.39 Å². The van der Waals surface area contributed by atoms with Crippen LogP contribution in [0.3, 0.4) is 0 Å². The second kappa shape index (κ2) is 12.0. The maximum absolute atomic E-state index is 14.3. The summed E-state index contributed by atoms with van der Waals surface area (Å²) in [5, 5.41) is 1.13. The average Bonchev–Trinajstić information content (AvgIpc) is 3.35. The summed E-state index contributed by atoms with van der Waals surface area (Å²) < 4.78 is 28.0. The summed E-state index contributed by atoms with van der Waals surface area (Å²) in [7, 11) is 0.799. The zero-order chi connectivity index (χ0) is 28.4. The van der Waals surface area contributed by atoms with Crippen molar-refractivity contribution in [2.24, 2.45) is 0 Å². The van der Waals surface area contributed by atoms with Crippen molar-refractivity contribution in [1.29, 1.82) is 0 Å². The molecule has 5 rings (SSSR count). The Morgan fingerprint density at radius 3 is 2.52 bits per heavy atom. The van der Waals surface area contributed by atoms with Gasteiger partial charge in [-0.15, -0.1) is 0 Å². The van der Waals surface area contributed by atoms with Crippen molar-refractivity contribution in [3.63, 3.8) is 0 Å². The average molecular weight is 561 g/mol. The molecule has 1 unspecified atom stereocenters. The van der Waals surface area contributed by atoms with Gasteiger partial charge in [0.2, 0.25) is 0 Å². The molecule has 1 saturated heterocycles. The maximum Gasteiger partial charge on any atom is 0.256 e. The monoisotopic (exact) mass is 560 g/mol. The number of likely N-dealkylation sites (tertiary alicyclic amines) is 1. The van der Waals surface area contributed by atoms with Crippen molar-refractivity contribution in [2.75, 3.05) is 32.9 Å². The molecule has 1 fully saturated rings. The minimum absolute atomic E-state index is 0.00586. The molecule has 0 N–H and O–H groups in total. The number of rotatable bonds is 8. The van der Waals surface area contributed by atoms with Crippen LogP contribution in [-0.2, 0) is 17.2 Å². The number of benzene rings is 2. The molecule has 0 radical (unpaired) electrons. The number of aromatic nitrogens is 2. The molecule has 1 atom stereocenters. The third-order valence-electron chi connectivity index (χ3n) is 8.18. The van der Waals surface area contributed by atoms with Crippen LogP contribution in [-0.4, -0.2) is 68.4 Å². The summed E-state index contributed by atoms with van der Waals surface area (Å²) in [5.74, 6) is -0.246. The van der Waals surface area contributed by atoms with Crippen molar-refractivity contribution in [2.45, 2.75) is 50.0 Å². The molecule has 0 aliphatic carbocycles. The normalized spacial score (nSPS) is 15.6. The van der Waals surface area contributed by atoms with Gasteiger partial charge >= 0.3 is 0 Å². The van der Waals surface area contributed by atoms with Gasteiger partial charge in [0, 0.05) is 59.4 Å². The third-order valence-corrected chi connectivity index (χ3v) is 9.12. The van der Waals surface area contributed by atoms with Gasteiger partial charge in [0.1, 0.15) is 5.82 Å². The Kier molecular flexibility index (Phi) is 8.47. The van der Waals surface area contributed by atoms with E-state index in [0.29, 0.717) is 17.2 Å². The number of piperidine rings is 1. The topological polar surface area (TPSA) is 58.4 Å². The molecule has 1 aliphatic heterocycles. The van der Waals surface area contributed by atoms with E-state index in [2.05, 4.69) is 28.2 Å².